The predicted molar refractivity (Wildman–Crippen MR) is 112 cm³/mol. The topological polar surface area (TPSA) is 83.8 Å². The number of aryl methyl sites for hydroxylation is 3. The Balaban J connectivity index is 1.71. The molecule has 0 fully saturated rings. The number of H-pyrrole nitrogens is 1. The first kappa shape index (κ1) is 18.3. The van der Waals surface area contributed by atoms with Gasteiger partial charge in [-0.3, -0.25) is 4.79 Å². The van der Waals surface area contributed by atoms with Gasteiger partial charge in [0.15, 0.2) is 11.0 Å². The molecule has 6 nitrogen and oxygen atoms in total. The maximum atomic E-state index is 10.7. The maximum Gasteiger partial charge on any atom is 0.313 e. The minimum atomic E-state index is -0.882. The average Bonchev–Trinajstić information content (AvgIpc) is 3.24. The Hall–Kier alpha value is -3.06. The molecule has 2 N–H and O–H groups in total. The third kappa shape index (κ3) is 3.53. The normalized spacial score (nSPS) is 11.2. The fourth-order valence-corrected chi connectivity index (χ4v) is 3.95. The summed E-state index contributed by atoms with van der Waals surface area (Å²) in [5.74, 6) is -0.299. The summed E-state index contributed by atoms with van der Waals surface area (Å²) in [4.78, 5) is 13.8. The van der Waals surface area contributed by atoms with Gasteiger partial charge in [-0.25, -0.2) is 0 Å². The molecule has 7 heteroatoms. The SMILES string of the molecule is Cc1cc(-c2ccc3c(c2)c(C)cn3C)cc(-c2nnc(SCC(=O)O)[nH]2)c1. The van der Waals surface area contributed by atoms with Gasteiger partial charge in [0.05, 0.1) is 5.75 Å². The molecule has 0 aliphatic carbocycles. The van der Waals surface area contributed by atoms with Crippen LogP contribution in [0.15, 0.2) is 47.8 Å². The number of aromatic nitrogens is 4. The van der Waals surface area contributed by atoms with Crippen LogP contribution in [0.4, 0.5) is 0 Å². The first-order chi connectivity index (χ1) is 13.4. The van der Waals surface area contributed by atoms with E-state index in [4.69, 9.17) is 5.11 Å². The van der Waals surface area contributed by atoms with Gasteiger partial charge in [0.1, 0.15) is 0 Å². The highest BCUT2D eigenvalue weighted by molar-refractivity contribution is 7.99. The molecule has 0 atom stereocenters. The van der Waals surface area contributed by atoms with Crippen molar-refractivity contribution in [3.63, 3.8) is 0 Å². The second-order valence-corrected chi connectivity index (χ2v) is 7.87. The van der Waals surface area contributed by atoms with Gasteiger partial charge in [0.25, 0.3) is 0 Å². The molecule has 0 amide bonds. The van der Waals surface area contributed by atoms with Gasteiger partial charge in [-0.05, 0) is 60.4 Å². The van der Waals surface area contributed by atoms with E-state index in [2.05, 4.69) is 77.2 Å². The van der Waals surface area contributed by atoms with E-state index in [1.54, 1.807) is 0 Å². The van der Waals surface area contributed by atoms with Crippen LogP contribution in [0.5, 0.6) is 0 Å². The highest BCUT2D eigenvalue weighted by Gasteiger charge is 2.11. The quantitative estimate of drug-likeness (QED) is 0.491. The number of nitrogens with zero attached hydrogens (tertiary/aromatic N) is 3. The molecule has 0 aliphatic rings. The zero-order chi connectivity index (χ0) is 19.8. The molecular weight excluding hydrogens is 372 g/mol. The number of aliphatic carboxylic acids is 1. The summed E-state index contributed by atoms with van der Waals surface area (Å²) in [6, 6.07) is 12.8. The monoisotopic (exact) mass is 392 g/mol. The van der Waals surface area contributed by atoms with E-state index in [0.29, 0.717) is 11.0 Å². The minimum Gasteiger partial charge on any atom is -0.481 e. The van der Waals surface area contributed by atoms with Gasteiger partial charge in [-0.15, -0.1) is 10.2 Å². The molecule has 0 bridgehead atoms. The summed E-state index contributed by atoms with van der Waals surface area (Å²) in [6.45, 7) is 4.17. The lowest BCUT2D eigenvalue weighted by Gasteiger charge is -2.07. The van der Waals surface area contributed by atoms with Gasteiger partial charge in [-0.1, -0.05) is 23.9 Å². The highest BCUT2D eigenvalue weighted by atomic mass is 32.2. The van der Waals surface area contributed by atoms with E-state index in [1.807, 2.05) is 6.07 Å². The molecule has 28 heavy (non-hydrogen) atoms. The molecule has 0 aliphatic heterocycles. The molecule has 0 radical (unpaired) electrons. The van der Waals surface area contributed by atoms with E-state index >= 15 is 0 Å². The number of carboxylic acids is 1. The summed E-state index contributed by atoms with van der Waals surface area (Å²) in [6.07, 6.45) is 2.14. The van der Waals surface area contributed by atoms with Crippen LogP contribution in [-0.4, -0.2) is 36.6 Å². The lowest BCUT2D eigenvalue weighted by atomic mass is 9.98. The number of rotatable bonds is 5. The summed E-state index contributed by atoms with van der Waals surface area (Å²) in [5, 5.41) is 18.8. The highest BCUT2D eigenvalue weighted by Crippen LogP contribution is 2.31. The molecule has 0 spiro atoms. The van der Waals surface area contributed by atoms with Crippen molar-refractivity contribution in [2.24, 2.45) is 7.05 Å². The van der Waals surface area contributed by atoms with Crippen LogP contribution in [0, 0.1) is 13.8 Å². The van der Waals surface area contributed by atoms with E-state index < -0.39 is 5.97 Å². The van der Waals surface area contributed by atoms with Crippen LogP contribution in [0.25, 0.3) is 33.4 Å². The van der Waals surface area contributed by atoms with Gasteiger partial charge in [0, 0.05) is 29.7 Å². The largest absolute Gasteiger partial charge is 0.481 e. The van der Waals surface area contributed by atoms with Crippen LogP contribution in [0.1, 0.15) is 11.1 Å². The first-order valence-electron chi connectivity index (χ1n) is 8.86. The minimum absolute atomic E-state index is 0.0514. The van der Waals surface area contributed by atoms with E-state index in [9.17, 15) is 4.79 Å². The molecule has 4 rings (SSSR count). The van der Waals surface area contributed by atoms with Crippen molar-refractivity contribution >= 4 is 28.6 Å². The van der Waals surface area contributed by atoms with Crippen LogP contribution in [0.2, 0.25) is 0 Å². The van der Waals surface area contributed by atoms with Crippen molar-refractivity contribution in [2.45, 2.75) is 19.0 Å². The molecular formula is C21H20N4O2S. The van der Waals surface area contributed by atoms with Gasteiger partial charge in [0.2, 0.25) is 0 Å². The first-order valence-corrected chi connectivity index (χ1v) is 9.84. The number of fused-ring (bicyclic) bond motifs is 1. The summed E-state index contributed by atoms with van der Waals surface area (Å²) in [7, 11) is 2.06. The molecule has 0 unspecified atom stereocenters. The van der Waals surface area contributed by atoms with Crippen LogP contribution < -0.4 is 0 Å². The Labute approximate surface area is 166 Å². The summed E-state index contributed by atoms with van der Waals surface area (Å²) >= 11 is 1.12. The number of benzene rings is 2. The average molecular weight is 392 g/mol. The fourth-order valence-electron chi connectivity index (χ4n) is 3.43. The molecule has 0 saturated heterocycles. The number of hydrogen-bond acceptors (Lipinski definition) is 4. The van der Waals surface area contributed by atoms with Crippen molar-refractivity contribution in [1.82, 2.24) is 19.7 Å². The third-order valence-corrected chi connectivity index (χ3v) is 5.52. The van der Waals surface area contributed by atoms with Crippen molar-refractivity contribution in [2.75, 3.05) is 5.75 Å². The molecule has 142 valence electrons. The van der Waals surface area contributed by atoms with Crippen molar-refractivity contribution in [1.29, 1.82) is 0 Å². The second-order valence-electron chi connectivity index (χ2n) is 6.90. The van der Waals surface area contributed by atoms with Crippen molar-refractivity contribution in [3.05, 3.63) is 53.7 Å². The zero-order valence-corrected chi connectivity index (χ0v) is 16.7. The third-order valence-electron chi connectivity index (χ3n) is 4.67. The van der Waals surface area contributed by atoms with Crippen LogP contribution in [-0.2, 0) is 11.8 Å². The standard InChI is InChI=1S/C21H20N4O2S/c1-12-6-15(14-4-5-18-17(9-14)13(2)10-25(18)3)8-16(7-12)20-22-21(24-23-20)28-11-19(26)27/h4-10H,11H2,1-3H3,(H,26,27)(H,22,23,24). The van der Waals surface area contributed by atoms with Gasteiger partial charge < -0.3 is 14.7 Å². The lowest BCUT2D eigenvalue weighted by Crippen LogP contribution is -1.97. The second kappa shape index (κ2) is 7.16. The zero-order valence-electron chi connectivity index (χ0n) is 15.9. The number of nitrogens with one attached hydrogen (secondary N) is 1. The lowest BCUT2D eigenvalue weighted by molar-refractivity contribution is -0.133. The fraction of sp³-hybridized carbons (Fsp3) is 0.190. The molecule has 2 aromatic carbocycles. The molecule has 4 aromatic rings. The Kier molecular flexibility index (Phi) is 4.68. The van der Waals surface area contributed by atoms with Gasteiger partial charge in [-0.2, -0.15) is 0 Å². The number of thioether (sulfide) groups is 1. The summed E-state index contributed by atoms with van der Waals surface area (Å²) < 4.78 is 2.14. The number of aromatic amines is 1. The van der Waals surface area contributed by atoms with E-state index in [1.165, 1.54) is 16.5 Å². The Morgan fingerprint density at radius 2 is 1.89 bits per heavy atom. The Bertz CT molecular complexity index is 1190. The van der Waals surface area contributed by atoms with Gasteiger partial charge >= 0.3 is 5.97 Å². The van der Waals surface area contributed by atoms with Crippen LogP contribution >= 0.6 is 11.8 Å². The number of hydrogen-bond donors (Lipinski definition) is 2. The maximum absolute atomic E-state index is 10.7. The Morgan fingerprint density at radius 3 is 2.68 bits per heavy atom. The molecule has 2 heterocycles. The number of carboxylic acid groups (broad SMARTS) is 1. The number of carbonyl (C=O) groups is 1. The predicted octanol–water partition coefficient (Wildman–Crippen LogP) is 4.42. The Morgan fingerprint density at radius 1 is 1.11 bits per heavy atom. The van der Waals surface area contributed by atoms with Crippen molar-refractivity contribution < 1.29 is 9.90 Å². The molecule has 2 aromatic heterocycles. The van der Waals surface area contributed by atoms with Crippen molar-refractivity contribution in [3.8, 4) is 22.5 Å². The summed E-state index contributed by atoms with van der Waals surface area (Å²) in [5.41, 5.74) is 6.76. The van der Waals surface area contributed by atoms with E-state index in [0.717, 1.165) is 34.0 Å². The smallest absolute Gasteiger partial charge is 0.313 e. The van der Waals surface area contributed by atoms with E-state index in [-0.39, 0.29) is 5.75 Å². The molecule has 0 saturated carbocycles. The van der Waals surface area contributed by atoms with Crippen LogP contribution in [0.3, 0.4) is 0 Å².